The summed E-state index contributed by atoms with van der Waals surface area (Å²) in [7, 11) is 0. The van der Waals surface area contributed by atoms with E-state index < -0.39 is 0 Å². The Morgan fingerprint density at radius 1 is 1.50 bits per heavy atom. The minimum atomic E-state index is 0.216. The van der Waals surface area contributed by atoms with E-state index in [0.717, 1.165) is 11.8 Å². The predicted octanol–water partition coefficient (Wildman–Crippen LogP) is 3.21. The van der Waals surface area contributed by atoms with Gasteiger partial charge in [0.1, 0.15) is 0 Å². The van der Waals surface area contributed by atoms with Gasteiger partial charge in [0.25, 0.3) is 0 Å². The normalized spacial score (nSPS) is 30.1. The summed E-state index contributed by atoms with van der Waals surface area (Å²) in [5.74, 6) is 1.69. The first-order valence-electron chi connectivity index (χ1n) is 6.37. The predicted molar refractivity (Wildman–Crippen MR) is 65.6 cm³/mol. The summed E-state index contributed by atoms with van der Waals surface area (Å²) >= 11 is 4.12. The maximum atomic E-state index is 5.87. The fraction of sp³-hybridized carbons (Fsp3) is 0.917. The first-order chi connectivity index (χ1) is 7.71. The van der Waals surface area contributed by atoms with Crippen LogP contribution in [-0.4, -0.2) is 9.95 Å². The van der Waals surface area contributed by atoms with Gasteiger partial charge < -0.3 is 0 Å². The second-order valence-corrected chi connectivity index (χ2v) is 6.39. The van der Waals surface area contributed by atoms with Gasteiger partial charge >= 0.3 is 112 Å². The molecule has 4 heteroatoms. The number of hydrogen-bond donors (Lipinski definition) is 1. The summed E-state index contributed by atoms with van der Waals surface area (Å²) in [6, 6.07) is 0. The molecule has 0 saturated heterocycles. The van der Waals surface area contributed by atoms with E-state index in [0.29, 0.717) is 0 Å². The summed E-state index contributed by atoms with van der Waals surface area (Å²) in [4.78, 5) is 0. The second kappa shape index (κ2) is 5.58. The third kappa shape index (κ3) is 3.36. The number of hydrogen-bond acceptors (Lipinski definition) is 3. The molecule has 0 spiro atoms. The maximum absolute atomic E-state index is 5.87. The average molecular weight is 278 g/mol. The van der Waals surface area contributed by atoms with Crippen molar-refractivity contribution in [2.45, 2.75) is 58.0 Å². The zero-order chi connectivity index (χ0) is 11.6. The molecule has 0 aromatic rings. The zero-order valence-corrected chi connectivity index (χ0v) is 12.4. The molecule has 0 bridgehead atoms. The third-order valence-corrected chi connectivity index (χ3v) is 5.35. The van der Waals surface area contributed by atoms with Crippen LogP contribution in [0.4, 0.5) is 0 Å². The van der Waals surface area contributed by atoms with E-state index in [9.17, 15) is 0 Å². The minimum absolute atomic E-state index is 0.216. The molecule has 0 heterocycles. The van der Waals surface area contributed by atoms with Crippen LogP contribution in [0.1, 0.15) is 52.4 Å². The van der Waals surface area contributed by atoms with E-state index in [1.54, 1.807) is 0 Å². The van der Waals surface area contributed by atoms with Gasteiger partial charge in [-0.1, -0.05) is 0 Å². The third-order valence-electron chi connectivity index (χ3n) is 3.68. The van der Waals surface area contributed by atoms with Crippen LogP contribution in [0, 0.1) is 11.8 Å². The molecule has 0 aromatic carbocycles. The fourth-order valence-electron chi connectivity index (χ4n) is 2.23. The van der Waals surface area contributed by atoms with Crippen LogP contribution in [0.15, 0.2) is 0 Å². The van der Waals surface area contributed by atoms with Gasteiger partial charge in [0.2, 0.25) is 0 Å². The second-order valence-electron chi connectivity index (χ2n) is 5.10. The molecule has 0 aliphatic heterocycles. The molecule has 2 aliphatic rings. The van der Waals surface area contributed by atoms with Crippen LogP contribution < -0.4 is 4.72 Å². The van der Waals surface area contributed by atoms with Gasteiger partial charge in [-0.25, -0.2) is 0 Å². The van der Waals surface area contributed by atoms with E-state index in [1.807, 2.05) is 0 Å². The summed E-state index contributed by atoms with van der Waals surface area (Å²) in [5.41, 5.74) is 0.216. The summed E-state index contributed by atoms with van der Waals surface area (Å²) in [6.07, 6.45) is 7.57. The van der Waals surface area contributed by atoms with Gasteiger partial charge in [-0.05, 0) is 0 Å². The molecule has 91 valence electrons. The first kappa shape index (κ1) is 13.2. The standard InChI is InChI=1S/C12H21NOS.V/c1-3-5-12(6-7-12)14-15-13-9-11-8-10(11)4-2;/h10-11,13H,3-8H2,1-2H3;/t10-,11-;/m1./s1. The molecule has 2 atom stereocenters. The van der Waals surface area contributed by atoms with Gasteiger partial charge in [0.15, 0.2) is 0 Å². The summed E-state index contributed by atoms with van der Waals surface area (Å²) < 4.78 is 10.6. The number of rotatable bonds is 8. The van der Waals surface area contributed by atoms with Crippen LogP contribution in [-0.2, 0) is 21.2 Å². The van der Waals surface area contributed by atoms with Gasteiger partial charge in [-0.2, -0.15) is 0 Å². The van der Waals surface area contributed by atoms with Gasteiger partial charge in [0.05, 0.1) is 0 Å². The molecular formula is C12H21NOSV. The van der Waals surface area contributed by atoms with E-state index in [-0.39, 0.29) is 5.60 Å². The molecule has 1 N–H and O–H groups in total. The van der Waals surface area contributed by atoms with Crippen LogP contribution in [0.25, 0.3) is 0 Å². The topological polar surface area (TPSA) is 21.3 Å². The van der Waals surface area contributed by atoms with Crippen molar-refractivity contribution < 1.29 is 21.2 Å². The molecule has 0 radical (unpaired) electrons. The molecular weight excluding hydrogens is 257 g/mol. The summed E-state index contributed by atoms with van der Waals surface area (Å²) in [5, 5.41) is 0. The van der Waals surface area contributed by atoms with E-state index in [1.165, 1.54) is 55.1 Å². The molecule has 16 heavy (non-hydrogen) atoms. The van der Waals surface area contributed by atoms with Gasteiger partial charge in [-0.3, -0.25) is 0 Å². The van der Waals surface area contributed by atoms with E-state index >= 15 is 0 Å². The molecule has 2 aliphatic carbocycles. The summed E-state index contributed by atoms with van der Waals surface area (Å²) in [6.45, 7) is 4.50. The molecule has 2 saturated carbocycles. The van der Waals surface area contributed by atoms with E-state index in [4.69, 9.17) is 4.18 Å². The average Bonchev–Trinajstić information content (AvgIpc) is 3.12. The van der Waals surface area contributed by atoms with E-state index in [2.05, 4.69) is 35.5 Å². The molecule has 2 rings (SSSR count). The zero-order valence-electron chi connectivity index (χ0n) is 10.2. The van der Waals surface area contributed by atoms with Crippen LogP contribution in [0.3, 0.4) is 0 Å². The molecule has 2 fully saturated rings. The van der Waals surface area contributed by atoms with Gasteiger partial charge in [0, 0.05) is 0 Å². The monoisotopic (exact) mass is 278 g/mol. The quantitative estimate of drug-likeness (QED) is 0.544. The molecule has 0 unspecified atom stereocenters. The SMILES string of the molecule is CCCC1(OSN[C](=[V])[C@H]2C[C@H]2CC)CC1. The Labute approximate surface area is 112 Å². The van der Waals surface area contributed by atoms with Crippen molar-refractivity contribution in [2.24, 2.45) is 11.8 Å². The Hall–Kier alpha value is 0.724. The van der Waals surface area contributed by atoms with Crippen molar-refractivity contribution in [1.82, 2.24) is 4.72 Å². The van der Waals surface area contributed by atoms with Crippen LogP contribution >= 0.6 is 12.2 Å². The Balaban J connectivity index is 1.60. The first-order valence-corrected chi connectivity index (χ1v) is 7.81. The molecule has 0 aromatic heterocycles. The van der Waals surface area contributed by atoms with Crippen molar-refractivity contribution >= 4 is 16.6 Å². The van der Waals surface area contributed by atoms with Crippen molar-refractivity contribution in [3.63, 3.8) is 0 Å². The number of nitrogens with one attached hydrogen (secondary N) is 1. The Morgan fingerprint density at radius 3 is 2.75 bits per heavy atom. The van der Waals surface area contributed by atoms with Gasteiger partial charge in [-0.15, -0.1) is 0 Å². The van der Waals surface area contributed by atoms with Crippen LogP contribution in [0.5, 0.6) is 0 Å². The fourth-order valence-corrected chi connectivity index (χ4v) is 3.60. The Bertz CT molecular complexity index is 268. The Kier molecular flexibility index (Phi) is 4.59. The molecule has 0 amide bonds. The van der Waals surface area contributed by atoms with Crippen molar-refractivity contribution in [3.05, 3.63) is 0 Å². The van der Waals surface area contributed by atoms with Crippen molar-refractivity contribution in [3.8, 4) is 0 Å². The Morgan fingerprint density at radius 2 is 2.25 bits per heavy atom. The van der Waals surface area contributed by atoms with Crippen molar-refractivity contribution in [1.29, 1.82) is 0 Å². The van der Waals surface area contributed by atoms with Crippen LogP contribution in [0.2, 0.25) is 0 Å². The van der Waals surface area contributed by atoms with Crippen molar-refractivity contribution in [2.75, 3.05) is 0 Å². The molecule has 2 nitrogen and oxygen atoms in total.